The van der Waals surface area contributed by atoms with Gasteiger partial charge in [0.1, 0.15) is 11.5 Å². The summed E-state index contributed by atoms with van der Waals surface area (Å²) in [6, 6.07) is 4.64. The maximum absolute atomic E-state index is 11.3. The van der Waals surface area contributed by atoms with E-state index in [0.717, 1.165) is 0 Å². The van der Waals surface area contributed by atoms with Crippen molar-refractivity contribution in [3.05, 3.63) is 18.2 Å². The third-order valence-corrected chi connectivity index (χ3v) is 2.26. The number of likely N-dealkylation sites (N-methyl/N-ethyl adjacent to an activating group) is 1. The lowest BCUT2D eigenvalue weighted by Gasteiger charge is -2.26. The number of hydrogen-bond donors (Lipinski definition) is 2. The highest BCUT2D eigenvalue weighted by Crippen LogP contribution is 2.34. The zero-order chi connectivity index (χ0) is 11.7. The Morgan fingerprint density at radius 2 is 2.25 bits per heavy atom. The van der Waals surface area contributed by atoms with Gasteiger partial charge in [-0.05, 0) is 12.1 Å². The van der Waals surface area contributed by atoms with Crippen LogP contribution in [0.2, 0.25) is 0 Å². The lowest BCUT2D eigenvalue weighted by Crippen LogP contribution is -2.35. The monoisotopic (exact) mass is 223 g/mol. The van der Waals surface area contributed by atoms with Gasteiger partial charge in [0.25, 0.3) is 5.91 Å². The van der Waals surface area contributed by atoms with Gasteiger partial charge in [0.2, 0.25) is 0 Å². The van der Waals surface area contributed by atoms with Crippen molar-refractivity contribution in [2.24, 2.45) is 0 Å². The Morgan fingerprint density at radius 3 is 2.94 bits per heavy atom. The van der Waals surface area contributed by atoms with E-state index < -0.39 is 7.32 Å². The molecule has 1 amide bonds. The van der Waals surface area contributed by atoms with E-state index in [4.69, 9.17) is 14.8 Å². The van der Waals surface area contributed by atoms with Crippen molar-refractivity contribution in [3.8, 4) is 11.5 Å². The molecule has 0 radical (unpaired) electrons. The molecule has 0 aliphatic carbocycles. The fourth-order valence-corrected chi connectivity index (χ4v) is 1.45. The van der Waals surface area contributed by atoms with Crippen LogP contribution in [0.1, 0.15) is 0 Å². The second kappa shape index (κ2) is 4.03. The Morgan fingerprint density at radius 1 is 1.50 bits per heavy atom. The van der Waals surface area contributed by atoms with Crippen LogP contribution < -0.4 is 14.3 Å². The minimum Gasteiger partial charge on any atom is -0.512 e. The first kappa shape index (κ1) is 10.8. The number of carbonyl (C=O) groups is 1. The first-order valence-corrected chi connectivity index (χ1v) is 4.64. The SMILES string of the molecule is CN1C(=O)COc2cc(OB(O)O)ccc21. The van der Waals surface area contributed by atoms with Crippen molar-refractivity contribution in [2.45, 2.75) is 0 Å². The van der Waals surface area contributed by atoms with Crippen LogP contribution in [0.25, 0.3) is 0 Å². The third kappa shape index (κ3) is 1.95. The minimum absolute atomic E-state index is 0.0331. The number of hydrogen-bond acceptors (Lipinski definition) is 5. The zero-order valence-electron chi connectivity index (χ0n) is 8.58. The second-order valence-corrected chi connectivity index (χ2v) is 3.32. The first-order valence-electron chi connectivity index (χ1n) is 4.64. The number of nitrogens with zero attached hydrogens (tertiary/aromatic N) is 1. The maximum Gasteiger partial charge on any atom is 0.707 e. The Kier molecular flexibility index (Phi) is 2.72. The first-order chi connectivity index (χ1) is 7.58. The van der Waals surface area contributed by atoms with Crippen LogP contribution in [0.4, 0.5) is 5.69 Å². The van der Waals surface area contributed by atoms with E-state index in [1.54, 1.807) is 13.1 Å². The second-order valence-electron chi connectivity index (χ2n) is 3.32. The van der Waals surface area contributed by atoms with E-state index >= 15 is 0 Å². The van der Waals surface area contributed by atoms with Crippen LogP contribution in [0.5, 0.6) is 11.5 Å². The highest BCUT2D eigenvalue weighted by Gasteiger charge is 2.23. The Bertz CT molecular complexity index is 422. The van der Waals surface area contributed by atoms with Gasteiger partial charge in [0.15, 0.2) is 6.61 Å². The highest BCUT2D eigenvalue weighted by atomic mass is 16.6. The largest absolute Gasteiger partial charge is 0.707 e. The van der Waals surface area contributed by atoms with Gasteiger partial charge in [-0.2, -0.15) is 0 Å². The zero-order valence-corrected chi connectivity index (χ0v) is 8.58. The summed E-state index contributed by atoms with van der Waals surface area (Å²) in [5, 5.41) is 17.3. The van der Waals surface area contributed by atoms with Crippen LogP contribution in [-0.2, 0) is 4.79 Å². The molecule has 2 N–H and O–H groups in total. The molecule has 0 saturated carbocycles. The van der Waals surface area contributed by atoms with Crippen molar-refractivity contribution in [1.82, 2.24) is 0 Å². The molecule has 1 heterocycles. The molecular weight excluding hydrogens is 213 g/mol. The van der Waals surface area contributed by atoms with Gasteiger partial charge in [-0.15, -0.1) is 0 Å². The van der Waals surface area contributed by atoms with Gasteiger partial charge in [-0.1, -0.05) is 0 Å². The standard InChI is InChI=1S/C9H10BNO5/c1-11-7-3-2-6(16-10(13)14)4-8(7)15-5-9(11)12/h2-4,13-14H,5H2,1H3. The number of ether oxygens (including phenoxy) is 1. The molecule has 1 aliphatic heterocycles. The number of rotatable bonds is 2. The van der Waals surface area contributed by atoms with Crippen molar-refractivity contribution < 1.29 is 24.2 Å². The summed E-state index contributed by atoms with van der Waals surface area (Å²) in [6.07, 6.45) is 0. The topological polar surface area (TPSA) is 79.2 Å². The number of fused-ring (bicyclic) bond motifs is 1. The van der Waals surface area contributed by atoms with Gasteiger partial charge >= 0.3 is 7.32 Å². The number of amides is 1. The Hall–Kier alpha value is -1.73. The Balaban J connectivity index is 2.30. The minimum atomic E-state index is -1.87. The number of carbonyl (C=O) groups excluding carboxylic acids is 1. The molecular formula is C9H10BNO5. The fourth-order valence-electron chi connectivity index (χ4n) is 1.45. The van der Waals surface area contributed by atoms with Crippen LogP contribution in [0.15, 0.2) is 18.2 Å². The summed E-state index contributed by atoms with van der Waals surface area (Å²) in [5.74, 6) is 0.597. The van der Waals surface area contributed by atoms with E-state index in [-0.39, 0.29) is 18.3 Å². The average molecular weight is 223 g/mol. The van der Waals surface area contributed by atoms with Gasteiger partial charge in [0, 0.05) is 13.1 Å². The van der Waals surface area contributed by atoms with Crippen molar-refractivity contribution in [3.63, 3.8) is 0 Å². The molecule has 1 aromatic rings. The molecule has 6 nitrogen and oxygen atoms in total. The summed E-state index contributed by atoms with van der Waals surface area (Å²) in [6.45, 7) is -0.0331. The molecule has 0 unspecified atom stereocenters. The van der Waals surface area contributed by atoms with E-state index in [1.165, 1.54) is 17.0 Å². The molecule has 0 bridgehead atoms. The lowest BCUT2D eigenvalue weighted by molar-refractivity contribution is -0.121. The molecule has 0 saturated heterocycles. The normalized spacial score (nSPS) is 14.2. The molecule has 1 aromatic carbocycles. The fraction of sp³-hybridized carbons (Fsp3) is 0.222. The number of benzene rings is 1. The summed E-state index contributed by atoms with van der Waals surface area (Å²) >= 11 is 0. The Labute approximate surface area is 92.2 Å². The predicted octanol–water partition coefficient (Wildman–Crippen LogP) is -0.610. The van der Waals surface area contributed by atoms with Crippen molar-refractivity contribution in [2.75, 3.05) is 18.6 Å². The summed E-state index contributed by atoms with van der Waals surface area (Å²) in [7, 11) is -0.230. The van der Waals surface area contributed by atoms with Gasteiger partial charge in [0.05, 0.1) is 5.69 Å². The van der Waals surface area contributed by atoms with Crippen LogP contribution in [-0.4, -0.2) is 36.9 Å². The van der Waals surface area contributed by atoms with E-state index in [0.29, 0.717) is 11.4 Å². The van der Waals surface area contributed by atoms with Crippen LogP contribution >= 0.6 is 0 Å². The molecule has 0 fully saturated rings. The molecule has 2 rings (SSSR count). The molecule has 16 heavy (non-hydrogen) atoms. The molecule has 1 aliphatic rings. The smallest absolute Gasteiger partial charge is 0.512 e. The lowest BCUT2D eigenvalue weighted by atomic mass is 10.2. The van der Waals surface area contributed by atoms with Crippen LogP contribution in [0.3, 0.4) is 0 Å². The van der Waals surface area contributed by atoms with Crippen LogP contribution in [0, 0.1) is 0 Å². The van der Waals surface area contributed by atoms with Crippen molar-refractivity contribution >= 4 is 18.9 Å². The maximum atomic E-state index is 11.3. The molecule has 0 aromatic heterocycles. The molecule has 84 valence electrons. The highest BCUT2D eigenvalue weighted by molar-refractivity contribution is 6.33. The summed E-state index contributed by atoms with van der Waals surface area (Å²) in [5.41, 5.74) is 0.621. The average Bonchev–Trinajstić information content (AvgIpc) is 2.23. The summed E-state index contributed by atoms with van der Waals surface area (Å²) < 4.78 is 9.86. The van der Waals surface area contributed by atoms with E-state index in [2.05, 4.69) is 4.65 Å². The number of anilines is 1. The van der Waals surface area contributed by atoms with Crippen molar-refractivity contribution in [1.29, 1.82) is 0 Å². The van der Waals surface area contributed by atoms with Gasteiger partial charge in [-0.3, -0.25) is 4.79 Å². The quantitative estimate of drug-likeness (QED) is 0.653. The van der Waals surface area contributed by atoms with Gasteiger partial charge < -0.3 is 24.3 Å². The van der Waals surface area contributed by atoms with E-state index in [9.17, 15) is 4.79 Å². The summed E-state index contributed by atoms with van der Waals surface area (Å²) in [4.78, 5) is 12.8. The van der Waals surface area contributed by atoms with Gasteiger partial charge in [-0.25, -0.2) is 0 Å². The van der Waals surface area contributed by atoms with E-state index in [1.807, 2.05) is 0 Å². The molecule has 0 spiro atoms. The predicted molar refractivity (Wildman–Crippen MR) is 56.2 cm³/mol. The molecule has 0 atom stereocenters. The third-order valence-electron chi connectivity index (χ3n) is 2.26. The molecule has 7 heteroatoms.